The molecule has 0 aliphatic rings. The van der Waals surface area contributed by atoms with Crippen molar-refractivity contribution in [3.63, 3.8) is 0 Å². The Balaban J connectivity index is 2.20. The minimum Gasteiger partial charge on any atom is -0.247 e. The molecule has 2 heteroatoms. The molecule has 2 atom stereocenters. The highest BCUT2D eigenvalue weighted by atomic mass is 15.1. The van der Waals surface area contributed by atoms with Crippen molar-refractivity contribution in [2.24, 2.45) is 0 Å². The standard InChI is InChI=1S/C24H46N2/c1-5-7-9-11-12-13-14-15-16-18-22(3)24-25-20-21-26(24)23(4)19-17-10-8-6-2/h20-23H,5-19H2,1-4H3/p+1. The number of nitrogens with one attached hydrogen (secondary N) is 1. The first-order valence-corrected chi connectivity index (χ1v) is 11.8. The van der Waals surface area contributed by atoms with E-state index in [0.29, 0.717) is 12.0 Å². The normalized spacial score (nSPS) is 13.8. The highest BCUT2D eigenvalue weighted by Gasteiger charge is 2.21. The fourth-order valence-electron chi connectivity index (χ4n) is 4.04. The molecule has 0 aliphatic carbocycles. The fraction of sp³-hybridized carbons (Fsp3) is 0.875. The molecule has 26 heavy (non-hydrogen) atoms. The van der Waals surface area contributed by atoms with Crippen molar-refractivity contribution in [1.82, 2.24) is 4.98 Å². The second kappa shape index (κ2) is 15.3. The summed E-state index contributed by atoms with van der Waals surface area (Å²) in [6.07, 6.45) is 25.2. The van der Waals surface area contributed by atoms with Crippen LogP contribution in [0.1, 0.15) is 142 Å². The van der Waals surface area contributed by atoms with Gasteiger partial charge in [-0.2, -0.15) is 0 Å². The van der Waals surface area contributed by atoms with E-state index >= 15 is 0 Å². The first kappa shape index (κ1) is 23.2. The minimum atomic E-state index is 0.624. The first-order chi connectivity index (χ1) is 12.7. The lowest BCUT2D eigenvalue weighted by Gasteiger charge is -2.14. The van der Waals surface area contributed by atoms with Gasteiger partial charge in [0.1, 0.15) is 12.4 Å². The maximum Gasteiger partial charge on any atom is 0.257 e. The summed E-state index contributed by atoms with van der Waals surface area (Å²) in [7, 11) is 0. The monoisotopic (exact) mass is 363 g/mol. The molecule has 0 aromatic carbocycles. The van der Waals surface area contributed by atoms with Crippen LogP contribution in [0.3, 0.4) is 0 Å². The number of unbranched alkanes of at least 4 members (excludes halogenated alkanes) is 11. The van der Waals surface area contributed by atoms with Crippen molar-refractivity contribution < 1.29 is 4.57 Å². The van der Waals surface area contributed by atoms with Crippen molar-refractivity contribution in [2.45, 2.75) is 136 Å². The number of aromatic amines is 1. The van der Waals surface area contributed by atoms with Crippen molar-refractivity contribution in [3.8, 4) is 0 Å². The van der Waals surface area contributed by atoms with Crippen molar-refractivity contribution in [3.05, 3.63) is 18.2 Å². The second-order valence-corrected chi connectivity index (χ2v) is 8.47. The number of hydrogen-bond acceptors (Lipinski definition) is 0. The number of hydrogen-bond donors (Lipinski definition) is 1. The largest absolute Gasteiger partial charge is 0.257 e. The van der Waals surface area contributed by atoms with Gasteiger partial charge in [0.15, 0.2) is 0 Å². The number of rotatable bonds is 17. The third kappa shape index (κ3) is 9.78. The zero-order valence-electron chi connectivity index (χ0n) is 18.4. The van der Waals surface area contributed by atoms with Gasteiger partial charge < -0.3 is 0 Å². The third-order valence-electron chi connectivity index (χ3n) is 5.90. The molecule has 0 saturated heterocycles. The van der Waals surface area contributed by atoms with E-state index in [1.54, 1.807) is 0 Å². The zero-order chi connectivity index (χ0) is 19.0. The summed E-state index contributed by atoms with van der Waals surface area (Å²) in [5, 5.41) is 0. The molecule has 1 aromatic heterocycles. The van der Waals surface area contributed by atoms with E-state index in [4.69, 9.17) is 0 Å². The molecule has 2 unspecified atom stereocenters. The van der Waals surface area contributed by atoms with Crippen LogP contribution in [0.2, 0.25) is 0 Å². The Labute approximate surface area is 164 Å². The summed E-state index contributed by atoms with van der Waals surface area (Å²) in [6.45, 7) is 9.37. The van der Waals surface area contributed by atoms with Crippen LogP contribution >= 0.6 is 0 Å². The van der Waals surface area contributed by atoms with Crippen LogP contribution in [-0.2, 0) is 0 Å². The summed E-state index contributed by atoms with van der Waals surface area (Å²) in [5.41, 5.74) is 0. The molecule has 0 aliphatic heterocycles. The van der Waals surface area contributed by atoms with E-state index in [1.165, 1.54) is 102 Å². The predicted octanol–water partition coefficient (Wildman–Crippen LogP) is 7.86. The van der Waals surface area contributed by atoms with Gasteiger partial charge in [-0.15, -0.1) is 0 Å². The third-order valence-corrected chi connectivity index (χ3v) is 5.90. The zero-order valence-corrected chi connectivity index (χ0v) is 18.4. The number of nitrogens with zero attached hydrogens (tertiary/aromatic N) is 1. The van der Waals surface area contributed by atoms with Gasteiger partial charge in [0.05, 0.1) is 12.0 Å². The van der Waals surface area contributed by atoms with Crippen LogP contribution < -0.4 is 4.57 Å². The van der Waals surface area contributed by atoms with Crippen molar-refractivity contribution in [1.29, 1.82) is 0 Å². The van der Waals surface area contributed by atoms with E-state index in [1.807, 2.05) is 0 Å². The lowest BCUT2D eigenvalue weighted by atomic mass is 10.00. The summed E-state index contributed by atoms with van der Waals surface area (Å²) in [4.78, 5) is 3.53. The molecule has 1 heterocycles. The Hall–Kier alpha value is -0.790. The molecule has 152 valence electrons. The van der Waals surface area contributed by atoms with Crippen LogP contribution in [-0.4, -0.2) is 4.98 Å². The highest BCUT2D eigenvalue weighted by molar-refractivity contribution is 4.87. The minimum absolute atomic E-state index is 0.624. The van der Waals surface area contributed by atoms with Crippen molar-refractivity contribution >= 4 is 0 Å². The Bertz CT molecular complexity index is 424. The molecular formula is C24H47N2+. The van der Waals surface area contributed by atoms with Gasteiger partial charge in [0.2, 0.25) is 0 Å². The van der Waals surface area contributed by atoms with Gasteiger partial charge in [-0.05, 0) is 26.2 Å². The smallest absolute Gasteiger partial charge is 0.247 e. The average Bonchev–Trinajstić information content (AvgIpc) is 3.13. The quantitative estimate of drug-likeness (QED) is 0.215. The molecule has 1 rings (SSSR count). The molecule has 0 amide bonds. The second-order valence-electron chi connectivity index (χ2n) is 8.47. The van der Waals surface area contributed by atoms with Gasteiger partial charge in [0, 0.05) is 0 Å². The van der Waals surface area contributed by atoms with Gasteiger partial charge in [-0.1, -0.05) is 97.8 Å². The van der Waals surface area contributed by atoms with Crippen molar-refractivity contribution in [2.75, 3.05) is 0 Å². The van der Waals surface area contributed by atoms with E-state index in [-0.39, 0.29) is 0 Å². The Morgan fingerprint density at radius 2 is 1.23 bits per heavy atom. The van der Waals surface area contributed by atoms with E-state index in [9.17, 15) is 0 Å². The van der Waals surface area contributed by atoms with Gasteiger partial charge >= 0.3 is 0 Å². The number of aromatic nitrogens is 2. The topological polar surface area (TPSA) is 19.7 Å². The first-order valence-electron chi connectivity index (χ1n) is 11.8. The Morgan fingerprint density at radius 1 is 0.731 bits per heavy atom. The van der Waals surface area contributed by atoms with Crippen LogP contribution in [0.5, 0.6) is 0 Å². The molecule has 0 radical (unpaired) electrons. The summed E-state index contributed by atoms with van der Waals surface area (Å²) in [5.74, 6) is 2.08. The molecule has 0 bridgehead atoms. The molecule has 0 saturated carbocycles. The summed E-state index contributed by atoms with van der Waals surface area (Å²) < 4.78 is 2.50. The van der Waals surface area contributed by atoms with Crippen LogP contribution in [0.4, 0.5) is 0 Å². The maximum absolute atomic E-state index is 3.53. The van der Waals surface area contributed by atoms with Crippen LogP contribution in [0, 0.1) is 0 Å². The van der Waals surface area contributed by atoms with Gasteiger partial charge in [-0.3, -0.25) is 0 Å². The number of H-pyrrole nitrogens is 1. The SMILES string of the molecule is CCCCCCCCCCCC(C)c1[nH]cc[n+]1C(C)CCCCCC. The number of imidazole rings is 1. The van der Waals surface area contributed by atoms with E-state index < -0.39 is 0 Å². The van der Waals surface area contributed by atoms with Crippen LogP contribution in [0.25, 0.3) is 0 Å². The van der Waals surface area contributed by atoms with Crippen LogP contribution in [0.15, 0.2) is 12.4 Å². The summed E-state index contributed by atoms with van der Waals surface area (Å²) in [6, 6.07) is 0.624. The Morgan fingerprint density at radius 3 is 1.85 bits per heavy atom. The molecular weight excluding hydrogens is 316 g/mol. The van der Waals surface area contributed by atoms with Gasteiger partial charge in [-0.25, -0.2) is 9.55 Å². The Kier molecular flexibility index (Phi) is 13.7. The molecule has 0 spiro atoms. The lowest BCUT2D eigenvalue weighted by Crippen LogP contribution is -2.40. The lowest BCUT2D eigenvalue weighted by molar-refractivity contribution is -0.727. The molecule has 0 fully saturated rings. The molecule has 1 N–H and O–H groups in total. The van der Waals surface area contributed by atoms with E-state index in [2.05, 4.69) is 49.6 Å². The van der Waals surface area contributed by atoms with E-state index in [0.717, 1.165) is 0 Å². The average molecular weight is 364 g/mol. The fourth-order valence-corrected chi connectivity index (χ4v) is 4.04. The van der Waals surface area contributed by atoms with Gasteiger partial charge in [0.25, 0.3) is 5.82 Å². The highest BCUT2D eigenvalue weighted by Crippen LogP contribution is 2.21. The maximum atomic E-state index is 3.53. The molecule has 1 aromatic rings. The predicted molar refractivity (Wildman–Crippen MR) is 115 cm³/mol. The molecule has 2 nitrogen and oxygen atoms in total. The summed E-state index contributed by atoms with van der Waals surface area (Å²) >= 11 is 0.